The van der Waals surface area contributed by atoms with Gasteiger partial charge in [0.2, 0.25) is 5.95 Å². The van der Waals surface area contributed by atoms with Gasteiger partial charge in [-0.05, 0) is 43.5 Å². The number of nitrogens with zero attached hydrogens (tertiary/aromatic N) is 6. The molecule has 0 saturated carbocycles. The number of piperidine rings is 1. The third-order valence-electron chi connectivity index (χ3n) is 5.40. The number of hydrogen-bond acceptors (Lipinski definition) is 6. The molecular formula is C23H21N7O2. The third kappa shape index (κ3) is 4.28. The lowest BCUT2D eigenvalue weighted by Gasteiger charge is -2.26. The molecule has 1 aliphatic rings. The van der Waals surface area contributed by atoms with Crippen LogP contribution in [-0.4, -0.2) is 44.3 Å². The van der Waals surface area contributed by atoms with Crippen LogP contribution in [0.5, 0.6) is 0 Å². The molecule has 0 bridgehead atoms. The fraction of sp³-hybridized carbons (Fsp3) is 0.304. The van der Waals surface area contributed by atoms with Gasteiger partial charge in [0.05, 0.1) is 29.7 Å². The van der Waals surface area contributed by atoms with Crippen molar-refractivity contribution in [2.45, 2.75) is 32.2 Å². The number of amides is 2. The number of carbonyl (C=O) groups excluding carboxylic acids is 2. The molecule has 3 aromatic rings. The van der Waals surface area contributed by atoms with Crippen LogP contribution in [0.15, 0.2) is 36.5 Å². The number of pyridine rings is 1. The Morgan fingerprint density at radius 3 is 2.66 bits per heavy atom. The number of hydrogen-bond donors (Lipinski definition) is 1. The van der Waals surface area contributed by atoms with Crippen molar-refractivity contribution < 1.29 is 9.59 Å². The minimum Gasteiger partial charge on any atom is -0.339 e. The van der Waals surface area contributed by atoms with Crippen LogP contribution < -0.4 is 5.32 Å². The number of rotatable bonds is 5. The number of fused-ring (bicyclic) bond motifs is 1. The van der Waals surface area contributed by atoms with Gasteiger partial charge in [0.1, 0.15) is 5.52 Å². The normalized spacial score (nSPS) is 13.4. The van der Waals surface area contributed by atoms with Crippen molar-refractivity contribution in [2.75, 3.05) is 18.4 Å². The first-order chi connectivity index (χ1) is 15.6. The van der Waals surface area contributed by atoms with E-state index in [-0.39, 0.29) is 24.8 Å². The van der Waals surface area contributed by atoms with Gasteiger partial charge in [0.15, 0.2) is 5.65 Å². The van der Waals surface area contributed by atoms with Gasteiger partial charge in [0, 0.05) is 31.4 Å². The lowest BCUT2D eigenvalue weighted by atomic mass is 10.1. The zero-order valence-electron chi connectivity index (χ0n) is 17.4. The molecule has 4 rings (SSSR count). The van der Waals surface area contributed by atoms with Gasteiger partial charge in [-0.25, -0.2) is 9.97 Å². The topological polar surface area (TPSA) is 128 Å². The van der Waals surface area contributed by atoms with Crippen molar-refractivity contribution >= 4 is 28.9 Å². The van der Waals surface area contributed by atoms with E-state index in [0.717, 1.165) is 32.4 Å². The Kier molecular flexibility index (Phi) is 6.09. The molecule has 9 nitrogen and oxygen atoms in total. The molecule has 0 unspecified atom stereocenters. The highest BCUT2D eigenvalue weighted by Gasteiger charge is 2.21. The average Bonchev–Trinajstić information content (AvgIpc) is 3.18. The molecule has 1 aliphatic heterocycles. The third-order valence-corrected chi connectivity index (χ3v) is 5.40. The number of benzene rings is 1. The SMILES string of the molecule is N#CCCn1c(NC(=O)c2cccc(C#N)c2)nc2cc(C(=O)N3CCCCC3)cnc21. The van der Waals surface area contributed by atoms with E-state index in [1.807, 2.05) is 11.0 Å². The largest absolute Gasteiger partial charge is 0.339 e. The summed E-state index contributed by atoms with van der Waals surface area (Å²) in [7, 11) is 0. The number of nitrogens with one attached hydrogen (secondary N) is 1. The van der Waals surface area contributed by atoms with Crippen LogP contribution in [0.4, 0.5) is 5.95 Å². The fourth-order valence-corrected chi connectivity index (χ4v) is 3.78. The molecule has 32 heavy (non-hydrogen) atoms. The number of imidazole rings is 1. The highest BCUT2D eigenvalue weighted by atomic mass is 16.2. The predicted octanol–water partition coefficient (Wildman–Crippen LogP) is 3.10. The number of aryl methyl sites for hydroxylation is 1. The zero-order valence-corrected chi connectivity index (χ0v) is 17.4. The van der Waals surface area contributed by atoms with Gasteiger partial charge < -0.3 is 4.90 Å². The van der Waals surface area contributed by atoms with Crippen molar-refractivity contribution in [3.63, 3.8) is 0 Å². The summed E-state index contributed by atoms with van der Waals surface area (Å²) < 4.78 is 1.65. The average molecular weight is 427 g/mol. The van der Waals surface area contributed by atoms with Crippen LogP contribution >= 0.6 is 0 Å². The molecule has 1 N–H and O–H groups in total. The van der Waals surface area contributed by atoms with Gasteiger partial charge in [-0.1, -0.05) is 6.07 Å². The van der Waals surface area contributed by atoms with E-state index < -0.39 is 5.91 Å². The molecule has 2 amide bonds. The van der Waals surface area contributed by atoms with Gasteiger partial charge in [-0.2, -0.15) is 10.5 Å². The first-order valence-electron chi connectivity index (χ1n) is 10.4. The number of aromatic nitrogens is 3. The van der Waals surface area contributed by atoms with E-state index >= 15 is 0 Å². The maximum atomic E-state index is 12.8. The number of nitriles is 2. The molecule has 2 aromatic heterocycles. The summed E-state index contributed by atoms with van der Waals surface area (Å²) in [4.78, 5) is 36.3. The summed E-state index contributed by atoms with van der Waals surface area (Å²) in [6, 6.07) is 12.1. The van der Waals surface area contributed by atoms with Crippen molar-refractivity contribution in [3.05, 3.63) is 53.2 Å². The van der Waals surface area contributed by atoms with Crippen molar-refractivity contribution in [2.24, 2.45) is 0 Å². The smallest absolute Gasteiger partial charge is 0.258 e. The monoisotopic (exact) mass is 427 g/mol. The molecule has 160 valence electrons. The first kappa shape index (κ1) is 21.0. The van der Waals surface area contributed by atoms with Crippen LogP contribution in [0.1, 0.15) is 52.0 Å². The summed E-state index contributed by atoms with van der Waals surface area (Å²) in [5.41, 5.74) is 2.09. The molecule has 1 aromatic carbocycles. The van der Waals surface area contributed by atoms with Gasteiger partial charge >= 0.3 is 0 Å². The van der Waals surface area contributed by atoms with Crippen LogP contribution in [-0.2, 0) is 6.54 Å². The molecule has 1 saturated heterocycles. The molecular weight excluding hydrogens is 406 g/mol. The van der Waals surface area contributed by atoms with Crippen molar-refractivity contribution in [1.29, 1.82) is 10.5 Å². The Labute approximate surface area is 184 Å². The Morgan fingerprint density at radius 2 is 1.91 bits per heavy atom. The second-order valence-corrected chi connectivity index (χ2v) is 7.56. The fourth-order valence-electron chi connectivity index (χ4n) is 3.78. The molecule has 9 heteroatoms. The highest BCUT2D eigenvalue weighted by Crippen LogP contribution is 2.22. The van der Waals surface area contributed by atoms with E-state index in [1.54, 1.807) is 28.8 Å². The van der Waals surface area contributed by atoms with E-state index in [2.05, 4.69) is 21.4 Å². The number of anilines is 1. The molecule has 0 atom stereocenters. The summed E-state index contributed by atoms with van der Waals surface area (Å²) in [5.74, 6) is -0.275. The first-order valence-corrected chi connectivity index (χ1v) is 10.4. The van der Waals surface area contributed by atoms with Crippen molar-refractivity contribution in [3.8, 4) is 12.1 Å². The Morgan fingerprint density at radius 1 is 1.09 bits per heavy atom. The molecule has 0 aliphatic carbocycles. The van der Waals surface area contributed by atoms with Crippen LogP contribution in [0.3, 0.4) is 0 Å². The Hall–Kier alpha value is -4.24. The minimum atomic E-state index is -0.430. The predicted molar refractivity (Wildman–Crippen MR) is 117 cm³/mol. The maximum Gasteiger partial charge on any atom is 0.258 e. The van der Waals surface area contributed by atoms with Gasteiger partial charge in [0.25, 0.3) is 11.8 Å². The summed E-state index contributed by atoms with van der Waals surface area (Å²) in [6.45, 7) is 1.75. The minimum absolute atomic E-state index is 0.0791. The van der Waals surface area contributed by atoms with E-state index in [4.69, 9.17) is 10.5 Å². The van der Waals surface area contributed by atoms with E-state index in [9.17, 15) is 9.59 Å². The molecule has 1 fully saturated rings. The molecule has 0 radical (unpaired) electrons. The molecule has 0 spiro atoms. The summed E-state index contributed by atoms with van der Waals surface area (Å²) >= 11 is 0. The summed E-state index contributed by atoms with van der Waals surface area (Å²) in [5, 5.41) is 20.8. The Balaban J connectivity index is 1.66. The second kappa shape index (κ2) is 9.27. The van der Waals surface area contributed by atoms with Crippen LogP contribution in [0.25, 0.3) is 11.2 Å². The summed E-state index contributed by atoms with van der Waals surface area (Å²) in [6.07, 6.45) is 4.84. The zero-order chi connectivity index (χ0) is 22.5. The van der Waals surface area contributed by atoms with Crippen molar-refractivity contribution in [1.82, 2.24) is 19.4 Å². The number of likely N-dealkylation sites (tertiary alicyclic amines) is 1. The number of carbonyl (C=O) groups is 2. The van der Waals surface area contributed by atoms with E-state index in [1.165, 1.54) is 12.3 Å². The highest BCUT2D eigenvalue weighted by molar-refractivity contribution is 6.04. The van der Waals surface area contributed by atoms with E-state index in [0.29, 0.717) is 27.9 Å². The van der Waals surface area contributed by atoms with Crippen LogP contribution in [0, 0.1) is 22.7 Å². The lowest BCUT2D eigenvalue weighted by molar-refractivity contribution is 0.0724. The van der Waals surface area contributed by atoms with Gasteiger partial charge in [-0.3, -0.25) is 19.5 Å². The lowest BCUT2D eigenvalue weighted by Crippen LogP contribution is -2.35. The van der Waals surface area contributed by atoms with Crippen LogP contribution in [0.2, 0.25) is 0 Å². The molecule has 3 heterocycles. The Bertz CT molecular complexity index is 1260. The standard InChI is InChI=1S/C23H21N7O2/c24-8-5-11-30-20-19(13-18(15-26-20)22(32)29-9-2-1-3-10-29)27-23(30)28-21(31)17-7-4-6-16(12-17)14-25/h4,6-7,12-13,15H,1-3,5,9-11H2,(H,27,28,31). The quantitative estimate of drug-likeness (QED) is 0.666. The maximum absolute atomic E-state index is 12.8. The van der Waals surface area contributed by atoms with Gasteiger partial charge in [-0.15, -0.1) is 0 Å². The second-order valence-electron chi connectivity index (χ2n) is 7.56.